The van der Waals surface area contributed by atoms with E-state index in [4.69, 9.17) is 16.2 Å². The fourth-order valence-corrected chi connectivity index (χ4v) is 1.71. The molecule has 1 heterocycles. The molecule has 0 aliphatic heterocycles. The van der Waals surface area contributed by atoms with E-state index in [2.05, 4.69) is 23.8 Å². The Kier molecular flexibility index (Phi) is 5.42. The number of hydrogen-bond donors (Lipinski definition) is 2. The summed E-state index contributed by atoms with van der Waals surface area (Å²) in [5.74, 6) is 1.30. The standard InChI is InChI=1S/C13H22N4O/c1-9(2)6-10(3)18-12-7-11(4-5-16-12)8-17-13(14)15/h4-5,7,9-10H,6,8H2,1-3H3,(H4,14,15,17). The molecule has 4 N–H and O–H groups in total. The summed E-state index contributed by atoms with van der Waals surface area (Å²) in [5.41, 5.74) is 11.6. The molecule has 0 radical (unpaired) electrons. The molecule has 1 aromatic heterocycles. The van der Waals surface area contributed by atoms with Gasteiger partial charge >= 0.3 is 0 Å². The Morgan fingerprint density at radius 3 is 2.72 bits per heavy atom. The lowest BCUT2D eigenvalue weighted by Gasteiger charge is -2.16. The first-order valence-electron chi connectivity index (χ1n) is 6.14. The molecule has 0 aliphatic carbocycles. The summed E-state index contributed by atoms with van der Waals surface area (Å²) in [7, 11) is 0. The van der Waals surface area contributed by atoms with Gasteiger partial charge in [-0.3, -0.25) is 0 Å². The number of pyridine rings is 1. The van der Waals surface area contributed by atoms with Crippen LogP contribution in [0.25, 0.3) is 0 Å². The van der Waals surface area contributed by atoms with E-state index in [0.29, 0.717) is 18.3 Å². The van der Waals surface area contributed by atoms with E-state index in [-0.39, 0.29) is 12.1 Å². The van der Waals surface area contributed by atoms with Crippen LogP contribution < -0.4 is 16.2 Å². The smallest absolute Gasteiger partial charge is 0.213 e. The number of hydrogen-bond acceptors (Lipinski definition) is 3. The molecule has 1 unspecified atom stereocenters. The summed E-state index contributed by atoms with van der Waals surface area (Å²) in [4.78, 5) is 8.13. The van der Waals surface area contributed by atoms with Crippen molar-refractivity contribution in [3.63, 3.8) is 0 Å². The van der Waals surface area contributed by atoms with E-state index in [0.717, 1.165) is 12.0 Å². The van der Waals surface area contributed by atoms with Gasteiger partial charge in [0.25, 0.3) is 0 Å². The van der Waals surface area contributed by atoms with Crippen LogP contribution in [0.3, 0.4) is 0 Å². The van der Waals surface area contributed by atoms with E-state index in [1.54, 1.807) is 6.20 Å². The SMILES string of the molecule is CC(C)CC(C)Oc1cc(CN=C(N)N)ccn1. The molecule has 0 spiro atoms. The third-order valence-electron chi connectivity index (χ3n) is 2.37. The molecule has 0 aromatic carbocycles. The highest BCUT2D eigenvalue weighted by atomic mass is 16.5. The lowest BCUT2D eigenvalue weighted by Crippen LogP contribution is -2.22. The molecule has 0 aliphatic rings. The summed E-state index contributed by atoms with van der Waals surface area (Å²) in [5, 5.41) is 0. The number of nitrogens with zero attached hydrogens (tertiary/aromatic N) is 2. The number of ether oxygens (including phenoxy) is 1. The molecule has 0 saturated heterocycles. The maximum Gasteiger partial charge on any atom is 0.213 e. The number of nitrogens with two attached hydrogens (primary N) is 2. The van der Waals surface area contributed by atoms with Gasteiger partial charge in [-0.15, -0.1) is 0 Å². The van der Waals surface area contributed by atoms with Crippen molar-refractivity contribution in [1.82, 2.24) is 4.98 Å². The van der Waals surface area contributed by atoms with Crippen LogP contribution in [0, 0.1) is 5.92 Å². The molecule has 1 atom stereocenters. The van der Waals surface area contributed by atoms with Gasteiger partial charge in [0.15, 0.2) is 5.96 Å². The predicted molar refractivity (Wildman–Crippen MR) is 73.3 cm³/mol. The number of rotatable bonds is 6. The van der Waals surface area contributed by atoms with Crippen molar-refractivity contribution in [2.75, 3.05) is 0 Å². The molecule has 100 valence electrons. The van der Waals surface area contributed by atoms with Crippen LogP contribution in [0.2, 0.25) is 0 Å². The van der Waals surface area contributed by atoms with E-state index in [1.807, 2.05) is 19.1 Å². The first kappa shape index (κ1) is 14.3. The fraction of sp³-hybridized carbons (Fsp3) is 0.538. The number of guanidine groups is 1. The molecule has 0 bridgehead atoms. The first-order valence-corrected chi connectivity index (χ1v) is 6.14. The van der Waals surface area contributed by atoms with Crippen molar-refractivity contribution in [2.24, 2.45) is 22.4 Å². The van der Waals surface area contributed by atoms with Gasteiger partial charge in [0.2, 0.25) is 5.88 Å². The minimum Gasteiger partial charge on any atom is -0.475 e. The van der Waals surface area contributed by atoms with E-state index in [9.17, 15) is 0 Å². The van der Waals surface area contributed by atoms with Crippen LogP contribution in [0.1, 0.15) is 32.8 Å². The zero-order valence-electron chi connectivity index (χ0n) is 11.3. The Morgan fingerprint density at radius 2 is 2.11 bits per heavy atom. The summed E-state index contributed by atoms with van der Waals surface area (Å²) < 4.78 is 5.75. The molecular formula is C13H22N4O. The van der Waals surface area contributed by atoms with Crippen LogP contribution >= 0.6 is 0 Å². The molecule has 5 nitrogen and oxygen atoms in total. The lowest BCUT2D eigenvalue weighted by atomic mass is 10.1. The van der Waals surface area contributed by atoms with Gasteiger partial charge in [0, 0.05) is 12.3 Å². The van der Waals surface area contributed by atoms with E-state index in [1.165, 1.54) is 0 Å². The minimum absolute atomic E-state index is 0.0856. The highest BCUT2D eigenvalue weighted by Gasteiger charge is 2.07. The summed E-state index contributed by atoms with van der Waals surface area (Å²) in [6.45, 7) is 6.83. The zero-order chi connectivity index (χ0) is 13.5. The molecule has 1 aromatic rings. The Balaban J connectivity index is 2.61. The van der Waals surface area contributed by atoms with Crippen LogP contribution in [-0.2, 0) is 6.54 Å². The monoisotopic (exact) mass is 250 g/mol. The quantitative estimate of drug-likeness (QED) is 0.594. The first-order chi connectivity index (χ1) is 8.47. The minimum atomic E-state index is 0.0856. The van der Waals surface area contributed by atoms with Crippen molar-refractivity contribution in [1.29, 1.82) is 0 Å². The summed E-state index contributed by atoms with van der Waals surface area (Å²) in [6.07, 6.45) is 2.85. The van der Waals surface area contributed by atoms with E-state index >= 15 is 0 Å². The second kappa shape index (κ2) is 6.83. The highest BCUT2D eigenvalue weighted by Crippen LogP contribution is 2.15. The van der Waals surface area contributed by atoms with Gasteiger partial charge in [-0.1, -0.05) is 13.8 Å². The fourth-order valence-electron chi connectivity index (χ4n) is 1.71. The summed E-state index contributed by atoms with van der Waals surface area (Å²) in [6, 6.07) is 3.73. The Morgan fingerprint density at radius 1 is 1.39 bits per heavy atom. The van der Waals surface area contributed by atoms with Gasteiger partial charge < -0.3 is 16.2 Å². The van der Waals surface area contributed by atoms with Crippen LogP contribution in [0.5, 0.6) is 5.88 Å². The second-order valence-corrected chi connectivity index (χ2v) is 4.80. The molecular weight excluding hydrogens is 228 g/mol. The van der Waals surface area contributed by atoms with Crippen LogP contribution in [0.4, 0.5) is 0 Å². The van der Waals surface area contributed by atoms with Crippen molar-refractivity contribution in [3.05, 3.63) is 23.9 Å². The Hall–Kier alpha value is -1.78. The van der Waals surface area contributed by atoms with Crippen molar-refractivity contribution in [3.8, 4) is 5.88 Å². The third kappa shape index (κ3) is 5.52. The third-order valence-corrected chi connectivity index (χ3v) is 2.37. The molecule has 0 amide bonds. The van der Waals surface area contributed by atoms with Gasteiger partial charge in [-0.25, -0.2) is 9.98 Å². The maximum atomic E-state index is 5.75. The van der Waals surface area contributed by atoms with Crippen molar-refractivity contribution < 1.29 is 4.74 Å². The van der Waals surface area contributed by atoms with E-state index < -0.39 is 0 Å². The van der Waals surface area contributed by atoms with Crippen molar-refractivity contribution in [2.45, 2.75) is 39.8 Å². The molecule has 18 heavy (non-hydrogen) atoms. The highest BCUT2D eigenvalue weighted by molar-refractivity contribution is 5.75. The molecule has 0 saturated carbocycles. The van der Waals surface area contributed by atoms with Gasteiger partial charge in [0.1, 0.15) is 0 Å². The zero-order valence-corrected chi connectivity index (χ0v) is 11.3. The maximum absolute atomic E-state index is 5.75. The van der Waals surface area contributed by atoms with Crippen LogP contribution in [0.15, 0.2) is 23.3 Å². The van der Waals surface area contributed by atoms with Crippen molar-refractivity contribution >= 4 is 5.96 Å². The normalized spacial score (nSPS) is 12.2. The van der Waals surface area contributed by atoms with Crippen LogP contribution in [-0.4, -0.2) is 17.0 Å². The molecule has 1 rings (SSSR count). The molecule has 0 fully saturated rings. The largest absolute Gasteiger partial charge is 0.475 e. The summed E-state index contributed by atoms with van der Waals surface area (Å²) >= 11 is 0. The second-order valence-electron chi connectivity index (χ2n) is 4.80. The Labute approximate surface area is 108 Å². The Bertz CT molecular complexity index is 400. The predicted octanol–water partition coefficient (Wildman–Crippen LogP) is 1.67. The number of aliphatic imine (C=N–C) groups is 1. The number of aromatic nitrogens is 1. The average Bonchev–Trinajstić information content (AvgIpc) is 2.25. The lowest BCUT2D eigenvalue weighted by molar-refractivity contribution is 0.185. The van der Waals surface area contributed by atoms with Gasteiger partial charge in [-0.2, -0.15) is 0 Å². The van der Waals surface area contributed by atoms with Gasteiger partial charge in [0.05, 0.1) is 12.6 Å². The van der Waals surface area contributed by atoms with Gasteiger partial charge in [-0.05, 0) is 30.9 Å². The average molecular weight is 250 g/mol. The topological polar surface area (TPSA) is 86.5 Å². The molecule has 5 heteroatoms.